The highest BCUT2D eigenvalue weighted by Crippen LogP contribution is 2.30. The van der Waals surface area contributed by atoms with Crippen molar-refractivity contribution in [1.29, 1.82) is 0 Å². The Morgan fingerprint density at radius 3 is 2.63 bits per heavy atom. The van der Waals surface area contributed by atoms with Crippen LogP contribution in [0.2, 0.25) is 0 Å². The van der Waals surface area contributed by atoms with Crippen molar-refractivity contribution in [3.05, 3.63) is 36.5 Å². The van der Waals surface area contributed by atoms with Crippen LogP contribution in [0.5, 0.6) is 0 Å². The van der Waals surface area contributed by atoms with Crippen molar-refractivity contribution < 1.29 is 4.79 Å². The summed E-state index contributed by atoms with van der Waals surface area (Å²) in [6, 6.07) is 10.0. The summed E-state index contributed by atoms with van der Waals surface area (Å²) in [7, 11) is 0. The van der Waals surface area contributed by atoms with Crippen LogP contribution < -0.4 is 5.32 Å². The SMILES string of the molecule is CCC(C)(C)C(=O)Nc1ncc(-c2ccccc2)s1. The van der Waals surface area contributed by atoms with Gasteiger partial charge in [0.25, 0.3) is 0 Å². The van der Waals surface area contributed by atoms with Gasteiger partial charge in [0, 0.05) is 11.6 Å². The molecule has 0 atom stereocenters. The number of aromatic nitrogens is 1. The number of thiazole rings is 1. The van der Waals surface area contributed by atoms with Gasteiger partial charge < -0.3 is 5.32 Å². The van der Waals surface area contributed by atoms with E-state index in [1.54, 1.807) is 6.20 Å². The fourth-order valence-corrected chi connectivity index (χ4v) is 2.31. The van der Waals surface area contributed by atoms with E-state index in [1.165, 1.54) is 11.3 Å². The Morgan fingerprint density at radius 1 is 1.32 bits per heavy atom. The van der Waals surface area contributed by atoms with Gasteiger partial charge in [-0.2, -0.15) is 0 Å². The Bertz CT molecular complexity index is 561. The summed E-state index contributed by atoms with van der Waals surface area (Å²) in [5.41, 5.74) is 0.758. The van der Waals surface area contributed by atoms with Crippen LogP contribution >= 0.6 is 11.3 Å². The minimum Gasteiger partial charge on any atom is -0.301 e. The standard InChI is InChI=1S/C15H18N2OS/c1-4-15(2,3)13(18)17-14-16-10-12(19-14)11-8-6-5-7-9-11/h5-10H,4H2,1-3H3,(H,16,17,18). The first kappa shape index (κ1) is 13.7. The number of carbonyl (C=O) groups excluding carboxylic acids is 1. The maximum absolute atomic E-state index is 12.1. The van der Waals surface area contributed by atoms with Crippen molar-refractivity contribution in [3.8, 4) is 10.4 Å². The molecule has 1 amide bonds. The zero-order valence-electron chi connectivity index (χ0n) is 11.4. The maximum atomic E-state index is 12.1. The number of hydrogen-bond donors (Lipinski definition) is 1. The highest BCUT2D eigenvalue weighted by atomic mass is 32.1. The summed E-state index contributed by atoms with van der Waals surface area (Å²) >= 11 is 1.50. The predicted molar refractivity (Wildman–Crippen MR) is 80.3 cm³/mol. The highest BCUT2D eigenvalue weighted by molar-refractivity contribution is 7.19. The van der Waals surface area contributed by atoms with E-state index in [4.69, 9.17) is 0 Å². The van der Waals surface area contributed by atoms with Gasteiger partial charge in [-0.1, -0.05) is 62.4 Å². The normalized spacial score (nSPS) is 11.3. The average molecular weight is 274 g/mol. The van der Waals surface area contributed by atoms with E-state index in [1.807, 2.05) is 51.1 Å². The van der Waals surface area contributed by atoms with Crippen LogP contribution in [-0.2, 0) is 4.79 Å². The summed E-state index contributed by atoms with van der Waals surface area (Å²) in [5, 5.41) is 3.55. The summed E-state index contributed by atoms with van der Waals surface area (Å²) in [5.74, 6) is 0.0176. The minimum absolute atomic E-state index is 0.0176. The van der Waals surface area contributed by atoms with E-state index in [2.05, 4.69) is 10.3 Å². The first-order valence-corrected chi connectivity index (χ1v) is 7.17. The van der Waals surface area contributed by atoms with E-state index in [-0.39, 0.29) is 11.3 Å². The lowest BCUT2D eigenvalue weighted by molar-refractivity contribution is -0.124. The van der Waals surface area contributed by atoms with Crippen LogP contribution in [0.25, 0.3) is 10.4 Å². The van der Waals surface area contributed by atoms with Crippen molar-refractivity contribution in [3.63, 3.8) is 0 Å². The van der Waals surface area contributed by atoms with Gasteiger partial charge in [-0.05, 0) is 12.0 Å². The topological polar surface area (TPSA) is 42.0 Å². The summed E-state index contributed by atoms with van der Waals surface area (Å²) < 4.78 is 0. The lowest BCUT2D eigenvalue weighted by atomic mass is 9.89. The van der Waals surface area contributed by atoms with Gasteiger partial charge in [0.2, 0.25) is 5.91 Å². The predicted octanol–water partition coefficient (Wildman–Crippen LogP) is 4.18. The lowest BCUT2D eigenvalue weighted by Crippen LogP contribution is -2.29. The zero-order valence-corrected chi connectivity index (χ0v) is 12.3. The first-order chi connectivity index (χ1) is 9.03. The Labute approximate surface area is 117 Å². The van der Waals surface area contributed by atoms with E-state index in [0.717, 1.165) is 16.9 Å². The Balaban J connectivity index is 2.13. The van der Waals surface area contributed by atoms with Crippen LogP contribution in [0, 0.1) is 5.41 Å². The van der Waals surface area contributed by atoms with Crippen LogP contribution in [0.1, 0.15) is 27.2 Å². The molecule has 1 aromatic heterocycles. The fraction of sp³-hybridized carbons (Fsp3) is 0.333. The number of anilines is 1. The van der Waals surface area contributed by atoms with Crippen molar-refractivity contribution in [1.82, 2.24) is 4.98 Å². The number of hydrogen-bond acceptors (Lipinski definition) is 3. The van der Waals surface area contributed by atoms with Gasteiger partial charge in [0.05, 0.1) is 4.88 Å². The largest absolute Gasteiger partial charge is 0.301 e. The lowest BCUT2D eigenvalue weighted by Gasteiger charge is -2.20. The smallest absolute Gasteiger partial charge is 0.231 e. The molecule has 0 aliphatic carbocycles. The number of rotatable bonds is 4. The monoisotopic (exact) mass is 274 g/mol. The van der Waals surface area contributed by atoms with Crippen LogP contribution in [0.15, 0.2) is 36.5 Å². The molecular formula is C15H18N2OS. The van der Waals surface area contributed by atoms with Gasteiger partial charge in [-0.25, -0.2) is 4.98 Å². The van der Waals surface area contributed by atoms with Gasteiger partial charge >= 0.3 is 0 Å². The Morgan fingerprint density at radius 2 is 2.00 bits per heavy atom. The van der Waals surface area contributed by atoms with Crippen molar-refractivity contribution in [2.24, 2.45) is 5.41 Å². The van der Waals surface area contributed by atoms with Crippen LogP contribution in [0.4, 0.5) is 5.13 Å². The molecule has 0 unspecified atom stereocenters. The summed E-state index contributed by atoms with van der Waals surface area (Å²) in [4.78, 5) is 17.4. The summed E-state index contributed by atoms with van der Waals surface area (Å²) in [6.45, 7) is 5.89. The minimum atomic E-state index is -0.363. The first-order valence-electron chi connectivity index (χ1n) is 6.35. The molecule has 0 bridgehead atoms. The third kappa shape index (κ3) is 3.20. The molecular weight excluding hydrogens is 256 g/mol. The van der Waals surface area contributed by atoms with Gasteiger partial charge in [0.1, 0.15) is 0 Å². The van der Waals surface area contributed by atoms with E-state index >= 15 is 0 Å². The molecule has 3 nitrogen and oxygen atoms in total. The number of nitrogens with zero attached hydrogens (tertiary/aromatic N) is 1. The molecule has 0 saturated heterocycles. The molecule has 0 radical (unpaired) electrons. The van der Waals surface area contributed by atoms with Gasteiger partial charge in [-0.15, -0.1) is 0 Å². The molecule has 0 spiro atoms. The number of nitrogens with one attached hydrogen (secondary N) is 1. The molecule has 100 valence electrons. The second kappa shape index (κ2) is 5.53. The molecule has 0 fully saturated rings. The number of carbonyl (C=O) groups is 1. The second-order valence-corrected chi connectivity index (χ2v) is 6.12. The molecule has 0 aliphatic heterocycles. The third-order valence-electron chi connectivity index (χ3n) is 3.28. The molecule has 1 heterocycles. The number of benzene rings is 1. The van der Waals surface area contributed by atoms with Crippen LogP contribution in [-0.4, -0.2) is 10.9 Å². The van der Waals surface area contributed by atoms with Crippen LogP contribution in [0.3, 0.4) is 0 Å². The molecule has 1 aromatic carbocycles. The molecule has 2 rings (SSSR count). The van der Waals surface area contributed by atoms with E-state index < -0.39 is 0 Å². The molecule has 0 aliphatic rings. The van der Waals surface area contributed by atoms with Gasteiger partial charge in [0.15, 0.2) is 5.13 Å². The third-order valence-corrected chi connectivity index (χ3v) is 4.24. The summed E-state index contributed by atoms with van der Waals surface area (Å²) in [6.07, 6.45) is 2.60. The fourth-order valence-electron chi connectivity index (χ4n) is 1.49. The molecule has 4 heteroatoms. The van der Waals surface area contributed by atoms with Crippen molar-refractivity contribution >= 4 is 22.4 Å². The Kier molecular flexibility index (Phi) is 4.00. The number of amides is 1. The van der Waals surface area contributed by atoms with E-state index in [0.29, 0.717) is 5.13 Å². The van der Waals surface area contributed by atoms with Gasteiger partial charge in [-0.3, -0.25) is 4.79 Å². The zero-order chi connectivity index (χ0) is 13.9. The molecule has 0 saturated carbocycles. The second-order valence-electron chi connectivity index (χ2n) is 5.09. The maximum Gasteiger partial charge on any atom is 0.231 e. The van der Waals surface area contributed by atoms with E-state index in [9.17, 15) is 4.79 Å². The van der Waals surface area contributed by atoms with Crippen molar-refractivity contribution in [2.75, 3.05) is 5.32 Å². The Hall–Kier alpha value is -1.68. The average Bonchev–Trinajstić information content (AvgIpc) is 2.88. The highest BCUT2D eigenvalue weighted by Gasteiger charge is 2.25. The van der Waals surface area contributed by atoms with Crippen molar-refractivity contribution in [2.45, 2.75) is 27.2 Å². The molecule has 1 N–H and O–H groups in total. The molecule has 19 heavy (non-hydrogen) atoms. The quantitative estimate of drug-likeness (QED) is 0.908. The molecule has 2 aromatic rings.